The molecule has 3 aromatic heterocycles. The zero-order valence-corrected chi connectivity index (χ0v) is 18.7. The number of carbonyl (C=O) groups is 1. The molecule has 170 valence electrons. The van der Waals surface area contributed by atoms with Crippen LogP contribution in [-0.2, 0) is 12.6 Å². The van der Waals surface area contributed by atoms with Crippen molar-refractivity contribution in [2.45, 2.75) is 19.4 Å². The maximum Gasteiger partial charge on any atom is 0.251 e. The van der Waals surface area contributed by atoms with Crippen LogP contribution in [0.1, 0.15) is 29.8 Å². The predicted octanol–water partition coefficient (Wildman–Crippen LogP) is 3.95. The molecule has 0 aliphatic rings. The fourth-order valence-corrected chi connectivity index (χ4v) is 4.30. The zero-order valence-electron chi connectivity index (χ0n) is 17.9. The molecular weight excluding hydrogens is 450 g/mol. The molecule has 1 amide bonds. The second-order valence-corrected chi connectivity index (χ2v) is 8.95. The number of anilines is 2. The number of hydrogen-bond acceptors (Lipinski definition) is 7. The highest BCUT2D eigenvalue weighted by Crippen LogP contribution is 2.40. The highest BCUT2D eigenvalue weighted by atomic mass is 32.1. The van der Waals surface area contributed by atoms with E-state index < -0.39 is 23.1 Å². The third-order valence-corrected chi connectivity index (χ3v) is 5.92. The van der Waals surface area contributed by atoms with Gasteiger partial charge < -0.3 is 16.2 Å². The fourth-order valence-electron chi connectivity index (χ4n) is 3.18. The summed E-state index contributed by atoms with van der Waals surface area (Å²) in [6.07, 6.45) is 1.70. The van der Waals surface area contributed by atoms with Gasteiger partial charge in [0.05, 0.1) is 28.6 Å². The molecule has 0 aliphatic heterocycles. The van der Waals surface area contributed by atoms with Gasteiger partial charge in [0.1, 0.15) is 28.1 Å². The highest BCUT2D eigenvalue weighted by molar-refractivity contribution is 7.20. The van der Waals surface area contributed by atoms with Crippen molar-refractivity contribution in [2.75, 3.05) is 5.32 Å². The normalized spacial score (nSPS) is 11.6. The lowest BCUT2D eigenvalue weighted by atomic mass is 9.96. The molecule has 4 rings (SSSR count). The lowest BCUT2D eigenvalue weighted by molar-refractivity contribution is 0.0778. The van der Waals surface area contributed by atoms with Gasteiger partial charge in [-0.1, -0.05) is 11.3 Å². The Hall–Kier alpha value is -3.70. The summed E-state index contributed by atoms with van der Waals surface area (Å²) in [4.78, 5) is 16.7. The average molecular weight is 471 g/mol. The number of aromatic nitrogens is 4. The molecule has 4 aromatic rings. The van der Waals surface area contributed by atoms with E-state index in [1.54, 1.807) is 36.1 Å². The van der Waals surface area contributed by atoms with Gasteiger partial charge in [0.15, 0.2) is 0 Å². The predicted molar refractivity (Wildman–Crippen MR) is 121 cm³/mol. The highest BCUT2D eigenvalue weighted by Gasteiger charge is 2.24. The van der Waals surface area contributed by atoms with Gasteiger partial charge in [0.2, 0.25) is 0 Å². The maximum atomic E-state index is 14.8. The molecule has 0 bridgehead atoms. The largest absolute Gasteiger partial charge is 0.386 e. The second-order valence-electron chi connectivity index (χ2n) is 7.90. The van der Waals surface area contributed by atoms with Gasteiger partial charge in [-0.3, -0.25) is 9.48 Å². The van der Waals surface area contributed by atoms with Crippen molar-refractivity contribution in [1.82, 2.24) is 20.0 Å². The summed E-state index contributed by atoms with van der Waals surface area (Å²) in [7, 11) is 1.73. The monoisotopic (exact) mass is 470 g/mol. The number of thiophene rings is 1. The van der Waals surface area contributed by atoms with Crippen LogP contribution in [0.15, 0.2) is 42.6 Å². The summed E-state index contributed by atoms with van der Waals surface area (Å²) in [5.74, 6) is -2.11. The number of nitrogens with two attached hydrogens (primary N) is 1. The number of aliphatic hydroxyl groups is 1. The van der Waals surface area contributed by atoms with Crippen LogP contribution in [0.3, 0.4) is 0 Å². The van der Waals surface area contributed by atoms with Crippen molar-refractivity contribution >= 4 is 28.1 Å². The number of primary amides is 1. The van der Waals surface area contributed by atoms with E-state index in [9.17, 15) is 18.7 Å². The minimum absolute atomic E-state index is 0.0621. The molecule has 0 saturated carbocycles. The van der Waals surface area contributed by atoms with Crippen molar-refractivity contribution in [3.8, 4) is 21.8 Å². The molecule has 4 N–H and O–H groups in total. The van der Waals surface area contributed by atoms with Gasteiger partial charge >= 0.3 is 0 Å². The molecule has 1 aromatic carbocycles. The molecular formula is C22H20F2N6O2S. The molecule has 0 atom stereocenters. The van der Waals surface area contributed by atoms with Gasteiger partial charge in [0, 0.05) is 11.9 Å². The lowest BCUT2D eigenvalue weighted by Gasteiger charge is -2.18. The van der Waals surface area contributed by atoms with E-state index in [4.69, 9.17) is 5.73 Å². The summed E-state index contributed by atoms with van der Waals surface area (Å²) in [6, 6.07) is 8.63. The van der Waals surface area contributed by atoms with Gasteiger partial charge in [-0.25, -0.2) is 13.8 Å². The van der Waals surface area contributed by atoms with Gasteiger partial charge in [-0.05, 0) is 49.7 Å². The standard InChI is InChI=1S/C22H20F2N6O2S/c1-22(2,32)11-7-13(23)19(14(24)8-11)17-9-12(20(25)31)21(33-17)27-18-6-4-5-15(26-18)16-10-30(3)29-28-16/h4-10,32H,1-3H3,(H2,25,31)(H,26,27). The number of nitrogens with zero attached hydrogens (tertiary/aromatic N) is 4. The Morgan fingerprint density at radius 2 is 1.88 bits per heavy atom. The summed E-state index contributed by atoms with van der Waals surface area (Å²) in [5, 5.41) is 21.3. The molecule has 8 nitrogen and oxygen atoms in total. The first-order valence-corrected chi connectivity index (χ1v) is 10.6. The van der Waals surface area contributed by atoms with Crippen LogP contribution in [0.25, 0.3) is 21.8 Å². The number of benzene rings is 1. The van der Waals surface area contributed by atoms with Crippen LogP contribution in [0.2, 0.25) is 0 Å². The van der Waals surface area contributed by atoms with Crippen LogP contribution in [0.4, 0.5) is 19.6 Å². The van der Waals surface area contributed by atoms with E-state index in [-0.39, 0.29) is 26.6 Å². The van der Waals surface area contributed by atoms with E-state index >= 15 is 0 Å². The number of hydrogen-bond donors (Lipinski definition) is 3. The molecule has 11 heteroatoms. The molecule has 0 fully saturated rings. The SMILES string of the molecule is Cn1cc(-c2cccc(Nc3sc(-c4c(F)cc(C(C)(C)O)cc4F)cc3C(N)=O)n2)nn1. The Bertz CT molecular complexity index is 1340. The minimum Gasteiger partial charge on any atom is -0.386 e. The smallest absolute Gasteiger partial charge is 0.251 e. The Labute approximate surface area is 191 Å². The Kier molecular flexibility index (Phi) is 5.68. The van der Waals surface area contributed by atoms with E-state index in [1.165, 1.54) is 19.9 Å². The quantitative estimate of drug-likeness (QED) is 0.393. The molecule has 0 radical (unpaired) electrons. The number of rotatable bonds is 6. The van der Waals surface area contributed by atoms with Crippen LogP contribution >= 0.6 is 11.3 Å². The zero-order chi connectivity index (χ0) is 23.9. The average Bonchev–Trinajstić information content (AvgIpc) is 3.33. The molecule has 33 heavy (non-hydrogen) atoms. The Morgan fingerprint density at radius 1 is 1.18 bits per heavy atom. The van der Waals surface area contributed by atoms with Crippen molar-refractivity contribution in [3.05, 3.63) is 65.4 Å². The molecule has 3 heterocycles. The summed E-state index contributed by atoms with van der Waals surface area (Å²) < 4.78 is 31.2. The first-order chi connectivity index (χ1) is 15.5. The number of carbonyl (C=O) groups excluding carboxylic acids is 1. The van der Waals surface area contributed by atoms with Crippen LogP contribution in [0.5, 0.6) is 0 Å². The molecule has 0 unspecified atom stereocenters. The van der Waals surface area contributed by atoms with Crippen molar-refractivity contribution in [3.63, 3.8) is 0 Å². The van der Waals surface area contributed by atoms with Crippen LogP contribution in [0, 0.1) is 11.6 Å². The van der Waals surface area contributed by atoms with E-state index in [1.807, 2.05) is 0 Å². The van der Waals surface area contributed by atoms with E-state index in [0.717, 1.165) is 23.5 Å². The van der Waals surface area contributed by atoms with Gasteiger partial charge in [-0.15, -0.1) is 16.4 Å². The topological polar surface area (TPSA) is 119 Å². The third-order valence-electron chi connectivity index (χ3n) is 4.85. The first kappa shape index (κ1) is 22.5. The van der Waals surface area contributed by atoms with E-state index in [2.05, 4.69) is 20.6 Å². The number of aryl methyl sites for hydroxylation is 1. The fraction of sp³-hybridized carbons (Fsp3) is 0.182. The summed E-state index contributed by atoms with van der Waals surface area (Å²) >= 11 is 0.957. The molecule has 0 aliphatic carbocycles. The number of amides is 1. The summed E-state index contributed by atoms with van der Waals surface area (Å²) in [6.45, 7) is 2.86. The maximum absolute atomic E-state index is 14.8. The van der Waals surface area contributed by atoms with Crippen molar-refractivity contribution < 1.29 is 18.7 Å². The van der Waals surface area contributed by atoms with Crippen LogP contribution in [-0.4, -0.2) is 31.0 Å². The minimum atomic E-state index is -1.42. The molecule has 0 saturated heterocycles. The first-order valence-electron chi connectivity index (χ1n) is 9.79. The number of halogens is 2. The van der Waals surface area contributed by atoms with Crippen molar-refractivity contribution in [1.29, 1.82) is 0 Å². The third kappa shape index (κ3) is 4.59. The van der Waals surface area contributed by atoms with Gasteiger partial charge in [-0.2, -0.15) is 0 Å². The van der Waals surface area contributed by atoms with Gasteiger partial charge in [0.25, 0.3) is 5.91 Å². The number of pyridine rings is 1. The summed E-state index contributed by atoms with van der Waals surface area (Å²) in [5.41, 5.74) is 5.03. The van der Waals surface area contributed by atoms with Crippen molar-refractivity contribution in [2.24, 2.45) is 12.8 Å². The Balaban J connectivity index is 1.73. The van der Waals surface area contributed by atoms with E-state index in [0.29, 0.717) is 17.2 Å². The van der Waals surface area contributed by atoms with Crippen LogP contribution < -0.4 is 11.1 Å². The Morgan fingerprint density at radius 3 is 2.45 bits per heavy atom. The number of nitrogens with one attached hydrogen (secondary N) is 1. The lowest BCUT2D eigenvalue weighted by Crippen LogP contribution is -2.16. The molecule has 0 spiro atoms. The second kappa shape index (κ2) is 8.34.